The minimum atomic E-state index is -0.321. The molecule has 0 bridgehead atoms. The van der Waals surface area contributed by atoms with Crippen LogP contribution in [-0.4, -0.2) is 48.3 Å². The van der Waals surface area contributed by atoms with Crippen molar-refractivity contribution in [3.8, 4) is 11.5 Å². The number of rotatable bonds is 5. The molecule has 0 spiro atoms. The molecule has 0 aromatic heterocycles. The van der Waals surface area contributed by atoms with Gasteiger partial charge in [0.2, 0.25) is 0 Å². The average Bonchev–Trinajstić information content (AvgIpc) is 2.77. The largest absolute Gasteiger partial charge is 0.494 e. The van der Waals surface area contributed by atoms with Gasteiger partial charge in [-0.15, -0.1) is 0 Å². The maximum atomic E-state index is 11.7. The van der Waals surface area contributed by atoms with Crippen LogP contribution in [0.15, 0.2) is 24.3 Å². The van der Waals surface area contributed by atoms with E-state index in [1.54, 1.807) is 24.3 Å². The molecule has 1 N–H and O–H groups in total. The van der Waals surface area contributed by atoms with Gasteiger partial charge < -0.3 is 14.6 Å². The lowest BCUT2D eigenvalue weighted by Crippen LogP contribution is -2.31. The molecule has 1 aromatic rings. The highest BCUT2D eigenvalue weighted by atomic mass is 16.5. The van der Waals surface area contributed by atoms with Gasteiger partial charge in [-0.05, 0) is 37.6 Å². The highest BCUT2D eigenvalue weighted by molar-refractivity contribution is 5.74. The molecule has 1 aromatic carbocycles. The summed E-state index contributed by atoms with van der Waals surface area (Å²) in [5, 5.41) is 9.38. The zero-order valence-corrected chi connectivity index (χ0v) is 11.0. The van der Waals surface area contributed by atoms with Gasteiger partial charge in [0.05, 0.1) is 19.3 Å². The lowest BCUT2D eigenvalue weighted by atomic mass is 10.3. The Morgan fingerprint density at radius 1 is 1.37 bits per heavy atom. The van der Waals surface area contributed by atoms with Gasteiger partial charge in [0.15, 0.2) is 0 Å². The van der Waals surface area contributed by atoms with Crippen LogP contribution in [0.3, 0.4) is 0 Å². The molecule has 5 heteroatoms. The van der Waals surface area contributed by atoms with Gasteiger partial charge in [-0.1, -0.05) is 0 Å². The number of likely N-dealkylation sites (tertiary alicyclic amines) is 1. The van der Waals surface area contributed by atoms with Gasteiger partial charge in [0.25, 0.3) is 0 Å². The SMILES string of the molecule is CCOc1ccc(OC(=O)CN2CCC(O)C2)cc1. The molecule has 1 aliphatic heterocycles. The second-order valence-corrected chi connectivity index (χ2v) is 4.56. The first kappa shape index (κ1) is 13.8. The van der Waals surface area contributed by atoms with E-state index in [-0.39, 0.29) is 18.6 Å². The number of aliphatic hydroxyl groups is 1. The van der Waals surface area contributed by atoms with Crippen LogP contribution < -0.4 is 9.47 Å². The van der Waals surface area contributed by atoms with E-state index in [0.29, 0.717) is 18.9 Å². The average molecular weight is 265 g/mol. The third-order valence-corrected chi connectivity index (χ3v) is 2.97. The summed E-state index contributed by atoms with van der Waals surface area (Å²) >= 11 is 0. The summed E-state index contributed by atoms with van der Waals surface area (Å²) in [6, 6.07) is 6.96. The molecule has 0 aliphatic carbocycles. The number of nitrogens with zero attached hydrogens (tertiary/aromatic N) is 1. The van der Waals surface area contributed by atoms with Crippen LogP contribution in [0.4, 0.5) is 0 Å². The van der Waals surface area contributed by atoms with E-state index in [4.69, 9.17) is 9.47 Å². The van der Waals surface area contributed by atoms with Crippen LogP contribution in [0.5, 0.6) is 11.5 Å². The van der Waals surface area contributed by atoms with E-state index >= 15 is 0 Å². The van der Waals surface area contributed by atoms with Crippen molar-refractivity contribution < 1.29 is 19.4 Å². The van der Waals surface area contributed by atoms with Gasteiger partial charge in [-0.3, -0.25) is 9.69 Å². The Kier molecular flexibility index (Phi) is 4.76. The number of hydrogen-bond donors (Lipinski definition) is 1. The number of ether oxygens (including phenoxy) is 2. The van der Waals surface area contributed by atoms with E-state index in [2.05, 4.69) is 0 Å². The van der Waals surface area contributed by atoms with Crippen LogP contribution in [0.2, 0.25) is 0 Å². The van der Waals surface area contributed by atoms with E-state index in [1.165, 1.54) is 0 Å². The first-order chi connectivity index (χ1) is 9.17. The molecule has 1 aliphatic rings. The Labute approximate surface area is 112 Å². The fraction of sp³-hybridized carbons (Fsp3) is 0.500. The third-order valence-electron chi connectivity index (χ3n) is 2.97. The minimum absolute atomic E-state index is 0.213. The Morgan fingerprint density at radius 2 is 2.05 bits per heavy atom. The zero-order chi connectivity index (χ0) is 13.7. The number of esters is 1. The zero-order valence-electron chi connectivity index (χ0n) is 11.0. The molecule has 19 heavy (non-hydrogen) atoms. The molecule has 1 saturated heterocycles. The number of benzene rings is 1. The fourth-order valence-corrected chi connectivity index (χ4v) is 2.07. The maximum Gasteiger partial charge on any atom is 0.325 e. The third kappa shape index (κ3) is 4.22. The predicted molar refractivity (Wildman–Crippen MR) is 70.3 cm³/mol. The van der Waals surface area contributed by atoms with Crippen LogP contribution in [0, 0.1) is 0 Å². The van der Waals surface area contributed by atoms with E-state index in [9.17, 15) is 9.90 Å². The summed E-state index contributed by atoms with van der Waals surface area (Å²) in [4.78, 5) is 13.6. The smallest absolute Gasteiger partial charge is 0.325 e. The molecular weight excluding hydrogens is 246 g/mol. The van der Waals surface area contributed by atoms with Crippen molar-refractivity contribution in [2.24, 2.45) is 0 Å². The molecule has 1 atom stereocenters. The summed E-state index contributed by atoms with van der Waals surface area (Å²) in [5.41, 5.74) is 0. The molecule has 0 saturated carbocycles. The van der Waals surface area contributed by atoms with Gasteiger partial charge in [0.1, 0.15) is 11.5 Å². The minimum Gasteiger partial charge on any atom is -0.494 e. The molecule has 5 nitrogen and oxygen atoms in total. The molecule has 2 rings (SSSR count). The second kappa shape index (κ2) is 6.54. The second-order valence-electron chi connectivity index (χ2n) is 4.56. The number of hydrogen-bond acceptors (Lipinski definition) is 5. The number of carbonyl (C=O) groups is 1. The van der Waals surface area contributed by atoms with Crippen LogP contribution in [-0.2, 0) is 4.79 Å². The number of β-amino-alcohol motifs (C(OH)–C–C–N with tert-alkyl or cyclic N) is 1. The van der Waals surface area contributed by atoms with Crippen molar-refractivity contribution in [3.05, 3.63) is 24.3 Å². The predicted octanol–water partition coefficient (Wildman–Crippen LogP) is 1.06. The maximum absolute atomic E-state index is 11.7. The molecule has 1 fully saturated rings. The molecular formula is C14H19NO4. The normalized spacial score (nSPS) is 19.4. The first-order valence-corrected chi connectivity index (χ1v) is 6.51. The number of carbonyl (C=O) groups excluding carboxylic acids is 1. The van der Waals surface area contributed by atoms with Crippen molar-refractivity contribution >= 4 is 5.97 Å². The molecule has 1 unspecified atom stereocenters. The Balaban J connectivity index is 1.81. The van der Waals surface area contributed by atoms with Gasteiger partial charge >= 0.3 is 5.97 Å². The Hall–Kier alpha value is -1.59. The van der Waals surface area contributed by atoms with Crippen LogP contribution >= 0.6 is 0 Å². The lowest BCUT2D eigenvalue weighted by Gasteiger charge is -2.13. The Bertz CT molecular complexity index is 418. The highest BCUT2D eigenvalue weighted by Crippen LogP contribution is 2.18. The standard InChI is InChI=1S/C14H19NO4/c1-2-18-12-3-5-13(6-4-12)19-14(17)10-15-8-7-11(16)9-15/h3-6,11,16H,2,7-10H2,1H3. The first-order valence-electron chi connectivity index (χ1n) is 6.51. The van der Waals surface area contributed by atoms with Gasteiger partial charge in [-0.2, -0.15) is 0 Å². The summed E-state index contributed by atoms with van der Waals surface area (Å²) in [6.07, 6.45) is 0.398. The van der Waals surface area contributed by atoms with Gasteiger partial charge in [-0.25, -0.2) is 0 Å². The molecule has 104 valence electrons. The van der Waals surface area contributed by atoms with Crippen molar-refractivity contribution in [1.29, 1.82) is 0 Å². The van der Waals surface area contributed by atoms with Gasteiger partial charge in [0, 0.05) is 13.1 Å². The lowest BCUT2D eigenvalue weighted by molar-refractivity contribution is -0.135. The summed E-state index contributed by atoms with van der Waals surface area (Å²) in [7, 11) is 0. The van der Waals surface area contributed by atoms with E-state index < -0.39 is 0 Å². The van der Waals surface area contributed by atoms with Crippen LogP contribution in [0.1, 0.15) is 13.3 Å². The molecule has 1 heterocycles. The topological polar surface area (TPSA) is 59.0 Å². The summed E-state index contributed by atoms with van der Waals surface area (Å²) < 4.78 is 10.5. The van der Waals surface area contributed by atoms with Crippen LogP contribution in [0.25, 0.3) is 0 Å². The van der Waals surface area contributed by atoms with Crippen molar-refractivity contribution in [3.63, 3.8) is 0 Å². The fourth-order valence-electron chi connectivity index (χ4n) is 2.07. The highest BCUT2D eigenvalue weighted by Gasteiger charge is 2.22. The molecule has 0 amide bonds. The quantitative estimate of drug-likeness (QED) is 0.637. The Morgan fingerprint density at radius 3 is 2.63 bits per heavy atom. The van der Waals surface area contributed by atoms with Crippen molar-refractivity contribution in [2.75, 3.05) is 26.2 Å². The van der Waals surface area contributed by atoms with Crippen molar-refractivity contribution in [2.45, 2.75) is 19.4 Å². The monoisotopic (exact) mass is 265 g/mol. The van der Waals surface area contributed by atoms with E-state index in [0.717, 1.165) is 18.7 Å². The summed E-state index contributed by atoms with van der Waals surface area (Å²) in [6.45, 7) is 4.01. The summed E-state index contributed by atoms with van der Waals surface area (Å²) in [5.74, 6) is 0.955. The van der Waals surface area contributed by atoms with Crippen molar-refractivity contribution in [1.82, 2.24) is 4.90 Å². The number of aliphatic hydroxyl groups excluding tert-OH is 1. The molecule has 0 radical (unpaired) electrons. The van der Waals surface area contributed by atoms with E-state index in [1.807, 2.05) is 11.8 Å².